The molecule has 4 heteroatoms. The molecule has 2 rings (SSSR count). The van der Waals surface area contributed by atoms with Crippen molar-refractivity contribution in [2.75, 3.05) is 26.4 Å². The van der Waals surface area contributed by atoms with Gasteiger partial charge in [-0.1, -0.05) is 55.8 Å². The van der Waals surface area contributed by atoms with Crippen LogP contribution in [-0.2, 0) is 5.41 Å². The molecule has 2 aromatic carbocycles. The van der Waals surface area contributed by atoms with E-state index in [-0.39, 0.29) is 25.2 Å². The first kappa shape index (κ1) is 20.2. The fraction of sp³-hybridized carbons (Fsp3) is 0.400. The number of ether oxygens (including phenoxy) is 1. The number of hydrogen-bond donors (Lipinski definition) is 3. The van der Waals surface area contributed by atoms with Crippen LogP contribution in [0.15, 0.2) is 48.5 Å². The number of rotatable bonds is 6. The van der Waals surface area contributed by atoms with Gasteiger partial charge in [0.2, 0.25) is 0 Å². The first-order valence-electron chi connectivity index (χ1n) is 8.08. The van der Waals surface area contributed by atoms with Crippen molar-refractivity contribution in [3.8, 4) is 5.75 Å². The Morgan fingerprint density at radius 3 is 1.62 bits per heavy atom. The minimum atomic E-state index is -0.125. The zero-order chi connectivity index (χ0) is 18.0. The second-order valence-electron chi connectivity index (χ2n) is 6.03. The van der Waals surface area contributed by atoms with E-state index in [0.29, 0.717) is 6.61 Å². The third-order valence-corrected chi connectivity index (χ3v) is 3.81. The van der Waals surface area contributed by atoms with Crippen LogP contribution in [0.3, 0.4) is 0 Å². The SMILES string of the molecule is Cc1ccc(C(C)(C)c2ccc(OCCO)cc2)cc1.OCCO. The molecule has 0 heterocycles. The highest BCUT2D eigenvalue weighted by molar-refractivity contribution is 5.40. The van der Waals surface area contributed by atoms with Crippen LogP contribution in [0.25, 0.3) is 0 Å². The molecule has 0 fully saturated rings. The molecule has 0 bridgehead atoms. The van der Waals surface area contributed by atoms with Crippen LogP contribution in [0.5, 0.6) is 5.75 Å². The highest BCUT2D eigenvalue weighted by Crippen LogP contribution is 2.32. The lowest BCUT2D eigenvalue weighted by Crippen LogP contribution is -2.18. The van der Waals surface area contributed by atoms with Gasteiger partial charge in [-0.3, -0.25) is 0 Å². The molecule has 0 saturated carbocycles. The summed E-state index contributed by atoms with van der Waals surface area (Å²) in [6.45, 7) is 6.67. The normalized spacial score (nSPS) is 10.8. The molecular formula is C20H28O4. The molecule has 3 N–H and O–H groups in total. The Morgan fingerprint density at radius 1 is 0.750 bits per heavy atom. The Morgan fingerprint density at radius 2 is 1.21 bits per heavy atom. The van der Waals surface area contributed by atoms with E-state index in [4.69, 9.17) is 20.1 Å². The van der Waals surface area contributed by atoms with Crippen LogP contribution in [0.1, 0.15) is 30.5 Å². The predicted octanol–water partition coefficient (Wildman–Crippen LogP) is 2.66. The fourth-order valence-electron chi connectivity index (χ4n) is 2.27. The first-order chi connectivity index (χ1) is 11.5. The summed E-state index contributed by atoms with van der Waals surface area (Å²) < 4.78 is 5.39. The quantitative estimate of drug-likeness (QED) is 0.761. The lowest BCUT2D eigenvalue weighted by molar-refractivity contribution is 0.186. The summed E-state index contributed by atoms with van der Waals surface area (Å²) in [6, 6.07) is 16.8. The second-order valence-corrected chi connectivity index (χ2v) is 6.03. The van der Waals surface area contributed by atoms with E-state index in [1.807, 2.05) is 12.1 Å². The fourth-order valence-corrected chi connectivity index (χ4v) is 2.27. The molecule has 24 heavy (non-hydrogen) atoms. The van der Waals surface area contributed by atoms with Crippen LogP contribution < -0.4 is 4.74 Å². The van der Waals surface area contributed by atoms with Crippen molar-refractivity contribution in [3.63, 3.8) is 0 Å². The van der Waals surface area contributed by atoms with Crippen molar-refractivity contribution in [2.24, 2.45) is 0 Å². The molecule has 0 aliphatic carbocycles. The zero-order valence-electron chi connectivity index (χ0n) is 14.7. The van der Waals surface area contributed by atoms with Crippen molar-refractivity contribution < 1.29 is 20.1 Å². The first-order valence-corrected chi connectivity index (χ1v) is 8.08. The van der Waals surface area contributed by atoms with E-state index < -0.39 is 0 Å². The standard InChI is InChI=1S/C18H22O2.C2H6O2/c1-14-4-6-15(7-5-14)18(2,3)16-8-10-17(11-9-16)20-13-12-19;3-1-2-4/h4-11,19H,12-13H2,1-3H3;3-4H,1-2H2. The lowest BCUT2D eigenvalue weighted by Gasteiger charge is -2.26. The second kappa shape index (κ2) is 10.1. The monoisotopic (exact) mass is 332 g/mol. The molecule has 0 unspecified atom stereocenters. The van der Waals surface area contributed by atoms with Crippen LogP contribution in [0.4, 0.5) is 0 Å². The van der Waals surface area contributed by atoms with E-state index in [2.05, 4.69) is 57.2 Å². The van der Waals surface area contributed by atoms with Gasteiger partial charge in [-0.25, -0.2) is 0 Å². The van der Waals surface area contributed by atoms with Gasteiger partial charge in [0.05, 0.1) is 19.8 Å². The van der Waals surface area contributed by atoms with Crippen LogP contribution in [-0.4, -0.2) is 41.7 Å². The molecule has 2 aromatic rings. The topological polar surface area (TPSA) is 69.9 Å². The number of aliphatic hydroxyl groups excluding tert-OH is 3. The Hall–Kier alpha value is -1.88. The van der Waals surface area contributed by atoms with E-state index >= 15 is 0 Å². The maximum absolute atomic E-state index is 8.76. The Balaban J connectivity index is 0.000000648. The van der Waals surface area contributed by atoms with Gasteiger partial charge in [-0.05, 0) is 30.2 Å². The van der Waals surface area contributed by atoms with Crippen molar-refractivity contribution in [1.29, 1.82) is 0 Å². The Kier molecular flexibility index (Phi) is 8.47. The molecule has 0 saturated heterocycles. The molecule has 0 aromatic heterocycles. The van der Waals surface area contributed by atoms with Gasteiger partial charge in [-0.2, -0.15) is 0 Å². The summed E-state index contributed by atoms with van der Waals surface area (Å²) in [6.07, 6.45) is 0. The molecule has 0 atom stereocenters. The largest absolute Gasteiger partial charge is 0.491 e. The summed E-state index contributed by atoms with van der Waals surface area (Å²) in [5.41, 5.74) is 3.78. The number of aryl methyl sites for hydroxylation is 1. The molecule has 132 valence electrons. The van der Waals surface area contributed by atoms with Crippen LogP contribution in [0, 0.1) is 6.92 Å². The molecule has 4 nitrogen and oxygen atoms in total. The summed E-state index contributed by atoms with van der Waals surface area (Å²) in [5.74, 6) is 0.794. The smallest absolute Gasteiger partial charge is 0.119 e. The third kappa shape index (κ3) is 5.96. The van der Waals surface area contributed by atoms with Crippen molar-refractivity contribution in [3.05, 3.63) is 65.2 Å². The minimum Gasteiger partial charge on any atom is -0.491 e. The van der Waals surface area contributed by atoms with Gasteiger partial charge in [-0.15, -0.1) is 0 Å². The van der Waals surface area contributed by atoms with Crippen LogP contribution >= 0.6 is 0 Å². The van der Waals surface area contributed by atoms with Crippen LogP contribution in [0.2, 0.25) is 0 Å². The highest BCUT2D eigenvalue weighted by Gasteiger charge is 2.22. The van der Waals surface area contributed by atoms with Crippen molar-refractivity contribution in [2.45, 2.75) is 26.2 Å². The number of benzene rings is 2. The van der Waals surface area contributed by atoms with Gasteiger partial charge in [0, 0.05) is 5.41 Å². The van der Waals surface area contributed by atoms with Gasteiger partial charge in [0.1, 0.15) is 12.4 Å². The Bertz CT molecular complexity index is 572. The van der Waals surface area contributed by atoms with Gasteiger partial charge < -0.3 is 20.1 Å². The van der Waals surface area contributed by atoms with E-state index in [9.17, 15) is 0 Å². The summed E-state index contributed by atoms with van der Waals surface area (Å²) in [5, 5.41) is 24.0. The average molecular weight is 332 g/mol. The maximum atomic E-state index is 8.76. The molecule has 0 radical (unpaired) electrons. The third-order valence-electron chi connectivity index (χ3n) is 3.81. The maximum Gasteiger partial charge on any atom is 0.119 e. The zero-order valence-corrected chi connectivity index (χ0v) is 14.7. The number of aliphatic hydroxyl groups is 3. The highest BCUT2D eigenvalue weighted by atomic mass is 16.5. The van der Waals surface area contributed by atoms with Crippen molar-refractivity contribution >= 4 is 0 Å². The van der Waals surface area contributed by atoms with E-state index in [0.717, 1.165) is 5.75 Å². The molecular weight excluding hydrogens is 304 g/mol. The molecule has 0 spiro atoms. The molecule has 0 amide bonds. The van der Waals surface area contributed by atoms with Gasteiger partial charge in [0.15, 0.2) is 0 Å². The summed E-state index contributed by atoms with van der Waals surface area (Å²) in [4.78, 5) is 0. The molecule has 0 aliphatic rings. The summed E-state index contributed by atoms with van der Waals surface area (Å²) in [7, 11) is 0. The van der Waals surface area contributed by atoms with E-state index in [1.54, 1.807) is 0 Å². The van der Waals surface area contributed by atoms with Gasteiger partial charge >= 0.3 is 0 Å². The number of hydrogen-bond acceptors (Lipinski definition) is 4. The molecule has 0 aliphatic heterocycles. The minimum absolute atomic E-state index is 0.0383. The van der Waals surface area contributed by atoms with E-state index in [1.165, 1.54) is 16.7 Å². The average Bonchev–Trinajstić information content (AvgIpc) is 2.61. The lowest BCUT2D eigenvalue weighted by atomic mass is 9.78. The van der Waals surface area contributed by atoms with Crippen molar-refractivity contribution in [1.82, 2.24) is 0 Å². The summed E-state index contributed by atoms with van der Waals surface area (Å²) >= 11 is 0. The van der Waals surface area contributed by atoms with Gasteiger partial charge in [0.25, 0.3) is 0 Å². The Labute approximate surface area is 144 Å². The predicted molar refractivity (Wildman–Crippen MR) is 96.5 cm³/mol.